The third-order valence-corrected chi connectivity index (χ3v) is 8.18. The summed E-state index contributed by atoms with van der Waals surface area (Å²) in [7, 11) is 3.21. The SMILES string of the molecule is CNC(C)C(=O)NC(C(=O)N1CCCC1C(=O)Nc1cc2c(Nc3cccc4ncccc34)ncnc2cc1OC)C(C)(C)C. The number of rotatable bonds is 9. The fourth-order valence-corrected chi connectivity index (χ4v) is 5.52. The second-order valence-electron chi connectivity index (χ2n) is 12.3. The number of hydrogen-bond donors (Lipinski definition) is 4. The van der Waals surface area contributed by atoms with Gasteiger partial charge in [0.25, 0.3) is 0 Å². The zero-order valence-corrected chi connectivity index (χ0v) is 26.5. The van der Waals surface area contributed by atoms with Gasteiger partial charge in [0.15, 0.2) is 0 Å². The highest BCUT2D eigenvalue weighted by Gasteiger charge is 2.42. The van der Waals surface area contributed by atoms with Gasteiger partial charge in [-0.2, -0.15) is 0 Å². The van der Waals surface area contributed by atoms with Crippen molar-refractivity contribution in [2.24, 2.45) is 5.41 Å². The molecule has 0 spiro atoms. The maximum absolute atomic E-state index is 13.9. The van der Waals surface area contributed by atoms with Crippen molar-refractivity contribution in [2.45, 2.75) is 58.7 Å². The molecule has 1 fully saturated rings. The number of hydrogen-bond acceptors (Lipinski definition) is 9. The van der Waals surface area contributed by atoms with Crippen molar-refractivity contribution < 1.29 is 19.1 Å². The number of fused-ring (bicyclic) bond motifs is 2. The smallest absolute Gasteiger partial charge is 0.247 e. The van der Waals surface area contributed by atoms with Gasteiger partial charge in [-0.25, -0.2) is 9.97 Å². The third kappa shape index (κ3) is 6.65. The molecule has 3 unspecified atom stereocenters. The number of carbonyl (C=O) groups is 3. The molecule has 3 amide bonds. The van der Waals surface area contributed by atoms with Gasteiger partial charge >= 0.3 is 0 Å². The third-order valence-electron chi connectivity index (χ3n) is 8.18. The molecule has 12 nitrogen and oxygen atoms in total. The summed E-state index contributed by atoms with van der Waals surface area (Å²) in [5.41, 5.74) is 2.14. The van der Waals surface area contributed by atoms with Crippen molar-refractivity contribution in [3.05, 3.63) is 55.0 Å². The summed E-state index contributed by atoms with van der Waals surface area (Å²) >= 11 is 0. The molecule has 0 saturated carbocycles. The van der Waals surface area contributed by atoms with E-state index in [9.17, 15) is 14.4 Å². The summed E-state index contributed by atoms with van der Waals surface area (Å²) in [4.78, 5) is 55.3. The predicted octanol–water partition coefficient (Wildman–Crippen LogP) is 4.00. The normalized spacial score (nSPS) is 16.3. The molecular weight excluding hydrogens is 572 g/mol. The van der Waals surface area contributed by atoms with E-state index < -0.39 is 23.5 Å². The van der Waals surface area contributed by atoms with Gasteiger partial charge in [-0.05, 0) is 62.6 Å². The maximum atomic E-state index is 13.9. The van der Waals surface area contributed by atoms with Crippen LogP contribution in [-0.4, -0.2) is 76.4 Å². The summed E-state index contributed by atoms with van der Waals surface area (Å²) in [5.74, 6) is 0.0657. The van der Waals surface area contributed by atoms with Crippen LogP contribution in [0.5, 0.6) is 5.75 Å². The zero-order valence-electron chi connectivity index (χ0n) is 26.5. The van der Waals surface area contributed by atoms with Gasteiger partial charge in [-0.15, -0.1) is 0 Å². The number of ether oxygens (including phenoxy) is 1. The Balaban J connectivity index is 1.42. The van der Waals surface area contributed by atoms with E-state index in [1.54, 1.807) is 37.2 Å². The Labute approximate surface area is 262 Å². The Kier molecular flexibility index (Phi) is 9.14. The van der Waals surface area contributed by atoms with E-state index in [0.717, 1.165) is 16.6 Å². The molecule has 4 aromatic rings. The highest BCUT2D eigenvalue weighted by atomic mass is 16.5. The van der Waals surface area contributed by atoms with E-state index in [1.807, 2.05) is 51.1 Å². The zero-order chi connectivity index (χ0) is 32.3. The number of methoxy groups -OCH3 is 1. The molecule has 0 bridgehead atoms. The highest BCUT2D eigenvalue weighted by Crippen LogP contribution is 2.35. The fraction of sp³-hybridized carbons (Fsp3) is 0.394. The number of carbonyl (C=O) groups excluding carboxylic acids is 3. The van der Waals surface area contributed by atoms with Crippen molar-refractivity contribution in [3.63, 3.8) is 0 Å². The number of likely N-dealkylation sites (tertiary alicyclic amines) is 1. The minimum atomic E-state index is -0.806. The van der Waals surface area contributed by atoms with Crippen LogP contribution in [0.3, 0.4) is 0 Å². The predicted molar refractivity (Wildman–Crippen MR) is 174 cm³/mol. The van der Waals surface area contributed by atoms with Crippen LogP contribution in [0.4, 0.5) is 17.2 Å². The summed E-state index contributed by atoms with van der Waals surface area (Å²) in [6.45, 7) is 7.83. The first-order valence-electron chi connectivity index (χ1n) is 15.0. The van der Waals surface area contributed by atoms with Gasteiger partial charge in [0.05, 0.1) is 29.9 Å². The second-order valence-corrected chi connectivity index (χ2v) is 12.3. The van der Waals surface area contributed by atoms with Crippen LogP contribution in [0.15, 0.2) is 55.0 Å². The van der Waals surface area contributed by atoms with Crippen LogP contribution in [0, 0.1) is 5.41 Å². The van der Waals surface area contributed by atoms with E-state index in [4.69, 9.17) is 4.74 Å². The maximum Gasteiger partial charge on any atom is 0.247 e. The molecule has 0 aliphatic carbocycles. The van der Waals surface area contributed by atoms with Crippen molar-refractivity contribution >= 4 is 56.7 Å². The molecule has 0 radical (unpaired) electrons. The van der Waals surface area contributed by atoms with E-state index in [1.165, 1.54) is 13.4 Å². The number of likely N-dealkylation sites (N-methyl/N-ethyl adjacent to an activating group) is 1. The van der Waals surface area contributed by atoms with Crippen molar-refractivity contribution in [1.29, 1.82) is 0 Å². The number of pyridine rings is 1. The average Bonchev–Trinajstić information content (AvgIpc) is 3.53. The van der Waals surface area contributed by atoms with Crippen LogP contribution >= 0.6 is 0 Å². The molecule has 4 N–H and O–H groups in total. The lowest BCUT2D eigenvalue weighted by Gasteiger charge is -2.36. The number of nitrogens with one attached hydrogen (secondary N) is 4. The molecule has 45 heavy (non-hydrogen) atoms. The summed E-state index contributed by atoms with van der Waals surface area (Å²) in [6, 6.07) is 11.2. The molecule has 3 heterocycles. The van der Waals surface area contributed by atoms with Gasteiger partial charge in [-0.1, -0.05) is 26.8 Å². The minimum absolute atomic E-state index is 0.279. The molecule has 236 valence electrons. The minimum Gasteiger partial charge on any atom is -0.494 e. The quantitative estimate of drug-likeness (QED) is 0.220. The number of nitrogens with zero attached hydrogens (tertiary/aromatic N) is 4. The standard InChI is InChI=1S/C33H40N8O4/c1-19(34-5)30(42)40-28(33(2,3)4)32(44)41-15-9-13-26(41)31(43)39-25-16-21-24(17-27(25)45-6)36-18-37-29(21)38-23-12-7-11-22-20(23)10-8-14-35-22/h7-8,10-12,14,16-19,26,28,34H,9,13,15H2,1-6H3,(H,39,43)(H,40,42)(H,36,37,38). The van der Waals surface area contributed by atoms with E-state index >= 15 is 0 Å². The number of benzene rings is 2. The summed E-state index contributed by atoms with van der Waals surface area (Å²) in [5, 5.41) is 13.8. The molecule has 1 saturated heterocycles. The number of aromatic nitrogens is 3. The van der Waals surface area contributed by atoms with Gasteiger partial charge in [0.1, 0.15) is 30.0 Å². The first kappa shape index (κ1) is 31.6. The van der Waals surface area contributed by atoms with Gasteiger partial charge in [0, 0.05) is 35.3 Å². The Bertz CT molecular complexity index is 1730. The van der Waals surface area contributed by atoms with Crippen LogP contribution in [0.2, 0.25) is 0 Å². The van der Waals surface area contributed by atoms with Crippen LogP contribution in [-0.2, 0) is 14.4 Å². The lowest BCUT2D eigenvalue weighted by Crippen LogP contribution is -2.59. The van der Waals surface area contributed by atoms with E-state index in [-0.39, 0.29) is 17.7 Å². The van der Waals surface area contributed by atoms with Gasteiger partial charge in [-0.3, -0.25) is 19.4 Å². The molecule has 1 aliphatic rings. The lowest BCUT2D eigenvalue weighted by atomic mass is 9.85. The first-order valence-corrected chi connectivity index (χ1v) is 15.0. The fourth-order valence-electron chi connectivity index (χ4n) is 5.52. The molecule has 2 aromatic carbocycles. The van der Waals surface area contributed by atoms with Crippen LogP contribution < -0.4 is 26.0 Å². The van der Waals surface area contributed by atoms with Crippen molar-refractivity contribution in [2.75, 3.05) is 31.3 Å². The van der Waals surface area contributed by atoms with E-state index in [2.05, 4.69) is 36.2 Å². The van der Waals surface area contributed by atoms with Crippen LogP contribution in [0.1, 0.15) is 40.5 Å². The Morgan fingerprint density at radius 1 is 1.00 bits per heavy atom. The molecule has 12 heteroatoms. The average molecular weight is 613 g/mol. The Hall–Kier alpha value is -4.84. The number of amides is 3. The largest absolute Gasteiger partial charge is 0.494 e. The van der Waals surface area contributed by atoms with Crippen molar-refractivity contribution in [1.82, 2.24) is 30.5 Å². The molecule has 5 rings (SSSR count). The van der Waals surface area contributed by atoms with Gasteiger partial charge < -0.3 is 30.9 Å². The molecule has 1 aliphatic heterocycles. The monoisotopic (exact) mass is 612 g/mol. The first-order chi connectivity index (χ1) is 21.5. The molecular formula is C33H40N8O4. The van der Waals surface area contributed by atoms with E-state index in [0.29, 0.717) is 47.5 Å². The topological polar surface area (TPSA) is 150 Å². The molecule has 2 aromatic heterocycles. The number of anilines is 3. The lowest BCUT2D eigenvalue weighted by molar-refractivity contribution is -0.143. The second kappa shape index (κ2) is 13.0. The summed E-state index contributed by atoms with van der Waals surface area (Å²) in [6.07, 6.45) is 4.38. The highest BCUT2D eigenvalue weighted by molar-refractivity contribution is 6.04. The Morgan fingerprint density at radius 3 is 2.53 bits per heavy atom. The van der Waals surface area contributed by atoms with Crippen molar-refractivity contribution in [3.8, 4) is 5.75 Å². The van der Waals surface area contributed by atoms with Crippen LogP contribution in [0.25, 0.3) is 21.8 Å². The molecule has 3 atom stereocenters. The Morgan fingerprint density at radius 2 is 1.80 bits per heavy atom. The van der Waals surface area contributed by atoms with Gasteiger partial charge in [0.2, 0.25) is 17.7 Å². The summed E-state index contributed by atoms with van der Waals surface area (Å²) < 4.78 is 5.63.